The molecule has 1 aliphatic rings. The number of benzene rings is 1. The predicted octanol–water partition coefficient (Wildman–Crippen LogP) is 2.94. The van der Waals surface area contributed by atoms with Gasteiger partial charge in [0.25, 0.3) is 0 Å². The smallest absolute Gasteiger partial charge is 0.221 e. The Bertz CT molecular complexity index is 1010. The molecule has 0 spiro atoms. The highest BCUT2D eigenvalue weighted by Gasteiger charge is 2.35. The molecular weight excluding hydrogens is 328 g/mol. The Morgan fingerprint density at radius 1 is 1.31 bits per heavy atom. The van der Waals surface area contributed by atoms with E-state index in [0.29, 0.717) is 11.5 Å². The van der Waals surface area contributed by atoms with Crippen molar-refractivity contribution in [3.63, 3.8) is 0 Å². The van der Waals surface area contributed by atoms with Crippen LogP contribution in [-0.4, -0.2) is 19.7 Å². The Morgan fingerprint density at radius 2 is 2.08 bits per heavy atom. The molecule has 0 radical (unpaired) electrons. The minimum atomic E-state index is -0.309. The van der Waals surface area contributed by atoms with Gasteiger partial charge in [-0.25, -0.2) is 10.1 Å². The molecule has 0 saturated carbocycles. The minimum absolute atomic E-state index is 0.114. The van der Waals surface area contributed by atoms with Crippen LogP contribution < -0.4 is 10.5 Å². The molecule has 3 aromatic rings. The number of nitriles is 1. The van der Waals surface area contributed by atoms with Gasteiger partial charge in [0.05, 0.1) is 23.5 Å². The molecular formula is C19H18N6O. The van der Waals surface area contributed by atoms with Crippen LogP contribution in [-0.2, 0) is 0 Å². The van der Waals surface area contributed by atoms with E-state index in [0.717, 1.165) is 22.5 Å². The van der Waals surface area contributed by atoms with Gasteiger partial charge in [0.15, 0.2) is 0 Å². The molecule has 1 aliphatic heterocycles. The number of allylic oxidation sites excluding steroid dienone is 1. The number of fused-ring (bicyclic) bond motifs is 1. The van der Waals surface area contributed by atoms with Gasteiger partial charge in [0, 0.05) is 18.1 Å². The van der Waals surface area contributed by atoms with Crippen LogP contribution in [0, 0.1) is 11.3 Å². The third-order valence-electron chi connectivity index (χ3n) is 4.55. The van der Waals surface area contributed by atoms with E-state index in [1.54, 1.807) is 12.5 Å². The average Bonchev–Trinajstić information content (AvgIpc) is 3.30. The van der Waals surface area contributed by atoms with Crippen molar-refractivity contribution in [2.75, 3.05) is 0 Å². The third kappa shape index (κ3) is 2.43. The lowest BCUT2D eigenvalue weighted by atomic mass is 9.82. The second-order valence-corrected chi connectivity index (χ2v) is 6.49. The van der Waals surface area contributed by atoms with Crippen LogP contribution in [0.25, 0.3) is 5.69 Å². The lowest BCUT2D eigenvalue weighted by Gasteiger charge is -2.25. The van der Waals surface area contributed by atoms with Gasteiger partial charge in [-0.1, -0.05) is 26.0 Å². The third-order valence-corrected chi connectivity index (χ3v) is 4.55. The van der Waals surface area contributed by atoms with Gasteiger partial charge in [-0.05, 0) is 23.6 Å². The number of nitrogens with zero attached hydrogens (tertiary/aromatic N) is 4. The maximum atomic E-state index is 9.68. The molecule has 7 nitrogen and oxygen atoms in total. The van der Waals surface area contributed by atoms with Gasteiger partial charge in [0.1, 0.15) is 11.6 Å². The Labute approximate surface area is 150 Å². The van der Waals surface area contributed by atoms with E-state index in [2.05, 4.69) is 35.1 Å². The number of hydrogen-bond donors (Lipinski definition) is 2. The average molecular weight is 346 g/mol. The molecule has 0 aliphatic carbocycles. The molecule has 26 heavy (non-hydrogen) atoms. The molecule has 1 aromatic carbocycles. The molecule has 4 rings (SSSR count). The fourth-order valence-electron chi connectivity index (χ4n) is 3.30. The highest BCUT2D eigenvalue weighted by molar-refractivity contribution is 5.56. The first-order valence-electron chi connectivity index (χ1n) is 8.34. The Hall–Kier alpha value is -3.53. The van der Waals surface area contributed by atoms with Crippen molar-refractivity contribution >= 4 is 0 Å². The molecule has 1 atom stereocenters. The fraction of sp³-hybridized carbons (Fsp3) is 0.211. The van der Waals surface area contributed by atoms with Crippen LogP contribution in [0.4, 0.5) is 0 Å². The summed E-state index contributed by atoms with van der Waals surface area (Å²) in [6.45, 7) is 4.12. The normalized spacial score (nSPS) is 16.3. The second-order valence-electron chi connectivity index (χ2n) is 6.49. The van der Waals surface area contributed by atoms with E-state index in [1.165, 1.54) is 0 Å². The molecule has 7 heteroatoms. The number of aromatic nitrogens is 4. The van der Waals surface area contributed by atoms with Crippen molar-refractivity contribution < 1.29 is 4.74 Å². The zero-order chi connectivity index (χ0) is 18.3. The first-order chi connectivity index (χ1) is 12.6. The molecule has 2 aromatic heterocycles. The van der Waals surface area contributed by atoms with Crippen LogP contribution in [0.2, 0.25) is 0 Å². The van der Waals surface area contributed by atoms with E-state index >= 15 is 0 Å². The van der Waals surface area contributed by atoms with Gasteiger partial charge in [-0.15, -0.1) is 0 Å². The monoisotopic (exact) mass is 346 g/mol. The highest BCUT2D eigenvalue weighted by atomic mass is 16.5. The standard InChI is InChI=1S/C19H18N6O/c1-11(2)17-16-15(14(9-20)18(21)26-19(16)24-23-17)12-3-5-13(6-4-12)25-8-7-22-10-25/h3-8,10-11,15H,21H2,1-2H3,(H,23,24). The predicted molar refractivity (Wildman–Crippen MR) is 95.5 cm³/mol. The highest BCUT2D eigenvalue weighted by Crippen LogP contribution is 2.44. The van der Waals surface area contributed by atoms with E-state index in [9.17, 15) is 5.26 Å². The summed E-state index contributed by atoms with van der Waals surface area (Å²) in [5, 5.41) is 17.0. The molecule has 0 fully saturated rings. The van der Waals surface area contributed by atoms with Crippen LogP contribution in [0.1, 0.15) is 42.5 Å². The largest absolute Gasteiger partial charge is 0.422 e. The first-order valence-corrected chi connectivity index (χ1v) is 8.34. The molecule has 0 saturated heterocycles. The van der Waals surface area contributed by atoms with Crippen molar-refractivity contribution in [2.24, 2.45) is 5.73 Å². The lowest BCUT2D eigenvalue weighted by Crippen LogP contribution is -2.21. The number of rotatable bonds is 3. The summed E-state index contributed by atoms with van der Waals surface area (Å²) in [7, 11) is 0. The van der Waals surface area contributed by atoms with E-state index in [-0.39, 0.29) is 17.7 Å². The zero-order valence-corrected chi connectivity index (χ0v) is 14.5. The van der Waals surface area contributed by atoms with Crippen molar-refractivity contribution in [1.29, 1.82) is 5.26 Å². The number of nitrogens with two attached hydrogens (primary N) is 1. The van der Waals surface area contributed by atoms with Crippen molar-refractivity contribution in [3.05, 3.63) is 71.3 Å². The van der Waals surface area contributed by atoms with Crippen LogP contribution in [0.5, 0.6) is 5.88 Å². The second kappa shape index (κ2) is 6.08. The summed E-state index contributed by atoms with van der Waals surface area (Å²) in [4.78, 5) is 4.07. The summed E-state index contributed by atoms with van der Waals surface area (Å²) >= 11 is 0. The molecule has 0 bridgehead atoms. The molecule has 0 amide bonds. The summed E-state index contributed by atoms with van der Waals surface area (Å²) in [5.41, 5.74) is 10.1. The SMILES string of the molecule is CC(C)c1n[nH]c2c1C(c1ccc(-n3ccnc3)cc1)C(C#N)=C(N)O2. The maximum Gasteiger partial charge on any atom is 0.221 e. The minimum Gasteiger partial charge on any atom is -0.422 e. The Balaban J connectivity index is 1.84. The molecule has 130 valence electrons. The topological polar surface area (TPSA) is 106 Å². The van der Waals surface area contributed by atoms with Crippen LogP contribution in [0.3, 0.4) is 0 Å². The number of hydrogen-bond acceptors (Lipinski definition) is 5. The van der Waals surface area contributed by atoms with Gasteiger partial charge in [-0.2, -0.15) is 10.4 Å². The van der Waals surface area contributed by atoms with Gasteiger partial charge in [-0.3, -0.25) is 0 Å². The number of H-pyrrole nitrogens is 1. The summed E-state index contributed by atoms with van der Waals surface area (Å²) in [6, 6.07) is 10.2. The maximum absolute atomic E-state index is 9.68. The van der Waals surface area contributed by atoms with E-state index < -0.39 is 0 Å². The number of imidazole rings is 1. The van der Waals surface area contributed by atoms with Crippen LogP contribution in [0.15, 0.2) is 54.4 Å². The first kappa shape index (κ1) is 16.0. The summed E-state index contributed by atoms with van der Waals surface area (Å²) in [6.07, 6.45) is 5.36. The fourth-order valence-corrected chi connectivity index (χ4v) is 3.30. The molecule has 3 N–H and O–H groups in total. The Kier molecular flexibility index (Phi) is 3.73. The zero-order valence-electron chi connectivity index (χ0n) is 14.5. The number of ether oxygens (including phenoxy) is 1. The van der Waals surface area contributed by atoms with Crippen LogP contribution >= 0.6 is 0 Å². The quantitative estimate of drug-likeness (QED) is 0.758. The van der Waals surface area contributed by atoms with Gasteiger partial charge < -0.3 is 15.0 Å². The van der Waals surface area contributed by atoms with Gasteiger partial charge in [0.2, 0.25) is 11.8 Å². The molecule has 1 unspecified atom stereocenters. The van der Waals surface area contributed by atoms with Crippen molar-refractivity contribution in [2.45, 2.75) is 25.7 Å². The lowest BCUT2D eigenvalue weighted by molar-refractivity contribution is 0.378. The number of nitrogens with one attached hydrogen (secondary N) is 1. The van der Waals surface area contributed by atoms with Crippen molar-refractivity contribution in [3.8, 4) is 17.6 Å². The van der Waals surface area contributed by atoms with E-state index in [4.69, 9.17) is 10.5 Å². The van der Waals surface area contributed by atoms with E-state index in [1.807, 2.05) is 35.0 Å². The Morgan fingerprint density at radius 3 is 2.69 bits per heavy atom. The number of aromatic amines is 1. The summed E-state index contributed by atoms with van der Waals surface area (Å²) in [5.74, 6) is 0.499. The molecule has 3 heterocycles. The van der Waals surface area contributed by atoms with Gasteiger partial charge >= 0.3 is 0 Å². The van der Waals surface area contributed by atoms with Crippen molar-refractivity contribution in [1.82, 2.24) is 19.7 Å². The summed E-state index contributed by atoms with van der Waals surface area (Å²) < 4.78 is 7.53.